The van der Waals surface area contributed by atoms with Gasteiger partial charge in [-0.25, -0.2) is 9.78 Å². The van der Waals surface area contributed by atoms with E-state index < -0.39 is 0 Å². The molecule has 0 radical (unpaired) electrons. The number of hydrogen-bond acceptors (Lipinski definition) is 5. The van der Waals surface area contributed by atoms with Gasteiger partial charge in [0, 0.05) is 43.5 Å². The number of pyridine rings is 1. The van der Waals surface area contributed by atoms with Gasteiger partial charge in [-0.3, -0.25) is 9.69 Å². The summed E-state index contributed by atoms with van der Waals surface area (Å²) < 4.78 is 0. The minimum absolute atomic E-state index is 0.0175. The minimum atomic E-state index is -0.0400. The van der Waals surface area contributed by atoms with Crippen molar-refractivity contribution in [3.8, 4) is 0 Å². The van der Waals surface area contributed by atoms with Gasteiger partial charge in [0.2, 0.25) is 5.91 Å². The number of hydrogen-bond donors (Lipinski definition) is 2. The van der Waals surface area contributed by atoms with Gasteiger partial charge < -0.3 is 20.9 Å². The van der Waals surface area contributed by atoms with Crippen LogP contribution in [0.5, 0.6) is 0 Å². The normalized spacial score (nSPS) is 24.4. The molecule has 0 saturated carbocycles. The number of carbonyl (C=O) groups is 2. The van der Waals surface area contributed by atoms with E-state index in [-0.39, 0.29) is 29.9 Å². The summed E-state index contributed by atoms with van der Waals surface area (Å²) in [5.41, 5.74) is 7.81. The molecule has 174 valence electrons. The molecule has 1 aromatic rings. The number of nitrogens with two attached hydrogens (primary N) is 1. The van der Waals surface area contributed by atoms with Gasteiger partial charge in [-0.15, -0.1) is 0 Å². The van der Waals surface area contributed by atoms with Crippen molar-refractivity contribution >= 4 is 17.8 Å². The topological polar surface area (TPSA) is 94.8 Å². The number of amides is 3. The second-order valence-corrected chi connectivity index (χ2v) is 9.39. The predicted octanol–water partition coefficient (Wildman–Crippen LogP) is 2.27. The van der Waals surface area contributed by atoms with E-state index in [0.717, 1.165) is 69.7 Å². The Kier molecular flexibility index (Phi) is 6.17. The van der Waals surface area contributed by atoms with Gasteiger partial charge in [-0.2, -0.15) is 0 Å². The molecule has 4 heterocycles. The van der Waals surface area contributed by atoms with Crippen LogP contribution in [0.2, 0.25) is 0 Å². The minimum Gasteiger partial charge on any atom is -0.384 e. The van der Waals surface area contributed by atoms with Crippen LogP contribution in [0.25, 0.3) is 0 Å². The molecule has 5 rings (SSSR count). The number of nitrogens with one attached hydrogen (secondary N) is 1. The highest BCUT2D eigenvalue weighted by Crippen LogP contribution is 2.27. The second-order valence-electron chi connectivity index (χ2n) is 9.39. The first kappa shape index (κ1) is 21.7. The number of likely N-dealkylation sites (tertiary alicyclic amines) is 2. The lowest BCUT2D eigenvalue weighted by atomic mass is 9.93. The number of fused-ring (bicyclic) bond motifs is 1. The SMILES string of the molecule is Nc1cc(CN2CCC(C(=O)N3CCC(N4C(=O)NC5=CC4C=CC=C5)CC3)CC2)ccn1. The fraction of sp³-hybridized carbons (Fsp3) is 0.480. The maximum atomic E-state index is 13.2. The number of carbonyl (C=O) groups excluding carboxylic acids is 2. The molecule has 2 bridgehead atoms. The van der Waals surface area contributed by atoms with Crippen molar-refractivity contribution in [3.63, 3.8) is 0 Å². The Hall–Kier alpha value is -3.13. The van der Waals surface area contributed by atoms with Crippen molar-refractivity contribution < 1.29 is 9.59 Å². The summed E-state index contributed by atoms with van der Waals surface area (Å²) in [6, 6.07) is 4.01. The Morgan fingerprint density at radius 3 is 2.67 bits per heavy atom. The molecule has 2 fully saturated rings. The summed E-state index contributed by atoms with van der Waals surface area (Å²) in [5, 5.41) is 2.97. The number of urea groups is 1. The van der Waals surface area contributed by atoms with Crippen LogP contribution < -0.4 is 11.1 Å². The van der Waals surface area contributed by atoms with Gasteiger partial charge in [-0.1, -0.05) is 18.2 Å². The van der Waals surface area contributed by atoms with Crippen LogP contribution in [0.1, 0.15) is 31.2 Å². The van der Waals surface area contributed by atoms with E-state index in [0.29, 0.717) is 5.82 Å². The first-order valence-electron chi connectivity index (χ1n) is 11.9. The molecule has 3 aliphatic heterocycles. The van der Waals surface area contributed by atoms with Crippen molar-refractivity contribution in [2.75, 3.05) is 31.9 Å². The van der Waals surface area contributed by atoms with E-state index >= 15 is 0 Å². The zero-order valence-corrected chi connectivity index (χ0v) is 18.9. The molecule has 0 spiro atoms. The third kappa shape index (κ3) is 4.80. The number of rotatable bonds is 4. The quantitative estimate of drug-likeness (QED) is 0.737. The van der Waals surface area contributed by atoms with Gasteiger partial charge in [-0.05, 0) is 68.6 Å². The molecule has 0 aromatic carbocycles. The summed E-state index contributed by atoms with van der Waals surface area (Å²) in [5.74, 6) is 0.927. The zero-order chi connectivity index (χ0) is 22.8. The van der Waals surface area contributed by atoms with E-state index in [1.807, 2.05) is 40.2 Å². The molecule has 3 N–H and O–H groups in total. The summed E-state index contributed by atoms with van der Waals surface area (Å²) in [7, 11) is 0. The van der Waals surface area contributed by atoms with E-state index in [2.05, 4.69) is 27.4 Å². The van der Waals surface area contributed by atoms with E-state index in [4.69, 9.17) is 5.73 Å². The van der Waals surface area contributed by atoms with Crippen molar-refractivity contribution in [1.29, 1.82) is 0 Å². The molecule has 8 nitrogen and oxygen atoms in total. The fourth-order valence-corrected chi connectivity index (χ4v) is 5.43. The highest BCUT2D eigenvalue weighted by atomic mass is 16.2. The van der Waals surface area contributed by atoms with Crippen LogP contribution >= 0.6 is 0 Å². The Bertz CT molecular complexity index is 986. The molecule has 1 unspecified atom stereocenters. The Balaban J connectivity index is 1.11. The molecule has 1 aromatic heterocycles. The Morgan fingerprint density at radius 2 is 1.91 bits per heavy atom. The largest absolute Gasteiger partial charge is 0.384 e. The summed E-state index contributed by atoms with van der Waals surface area (Å²) >= 11 is 0. The third-order valence-corrected chi connectivity index (χ3v) is 7.21. The zero-order valence-electron chi connectivity index (χ0n) is 18.9. The maximum Gasteiger partial charge on any atom is 0.322 e. The van der Waals surface area contributed by atoms with Gasteiger partial charge in [0.05, 0.1) is 6.04 Å². The molecular weight excluding hydrogens is 416 g/mol. The lowest BCUT2D eigenvalue weighted by Gasteiger charge is -2.43. The van der Waals surface area contributed by atoms with Crippen molar-refractivity contribution in [2.45, 2.75) is 44.3 Å². The smallest absolute Gasteiger partial charge is 0.322 e. The van der Waals surface area contributed by atoms with Crippen molar-refractivity contribution in [3.05, 3.63) is 60.0 Å². The number of nitrogen functional groups attached to an aromatic ring is 1. The number of aromatic nitrogens is 1. The molecule has 33 heavy (non-hydrogen) atoms. The standard InChI is InChI=1S/C25H32N6O2/c26-23-15-18(5-10-27-23)17-29-11-6-19(7-12-29)24(32)30-13-8-21(9-14-30)31-22-4-2-1-3-20(16-22)28-25(31)33/h1-5,10,15-16,19,21-22H,6-9,11-14,17H2,(H2,26,27)(H,28,33). The Labute approximate surface area is 194 Å². The van der Waals surface area contributed by atoms with Crippen LogP contribution in [0.3, 0.4) is 0 Å². The number of nitrogens with zero attached hydrogens (tertiary/aromatic N) is 4. The first-order valence-corrected chi connectivity index (χ1v) is 11.9. The molecule has 3 amide bonds. The maximum absolute atomic E-state index is 13.2. The average Bonchev–Trinajstić information content (AvgIpc) is 3.01. The average molecular weight is 449 g/mol. The highest BCUT2D eigenvalue weighted by molar-refractivity contribution is 5.80. The third-order valence-electron chi connectivity index (χ3n) is 7.21. The number of anilines is 1. The highest BCUT2D eigenvalue weighted by Gasteiger charge is 2.37. The molecule has 2 saturated heterocycles. The van der Waals surface area contributed by atoms with Crippen LogP contribution in [-0.4, -0.2) is 69.9 Å². The summed E-state index contributed by atoms with van der Waals surface area (Å²) in [4.78, 5) is 36.3. The lowest BCUT2D eigenvalue weighted by Crippen LogP contribution is -2.56. The van der Waals surface area contributed by atoms with E-state index in [1.165, 1.54) is 0 Å². The second kappa shape index (κ2) is 9.39. The molecule has 8 heteroatoms. The molecule has 4 aliphatic rings. The van der Waals surface area contributed by atoms with Crippen molar-refractivity contribution in [1.82, 2.24) is 25.0 Å². The summed E-state index contributed by atoms with van der Waals surface area (Å²) in [6.45, 7) is 4.11. The van der Waals surface area contributed by atoms with E-state index in [1.54, 1.807) is 6.20 Å². The van der Waals surface area contributed by atoms with Crippen LogP contribution in [0.15, 0.2) is 54.4 Å². The Morgan fingerprint density at radius 1 is 1.12 bits per heavy atom. The van der Waals surface area contributed by atoms with Crippen molar-refractivity contribution in [2.24, 2.45) is 5.92 Å². The van der Waals surface area contributed by atoms with Gasteiger partial charge in [0.15, 0.2) is 0 Å². The summed E-state index contributed by atoms with van der Waals surface area (Å²) in [6.07, 6.45) is 15.2. The number of allylic oxidation sites excluding steroid dienone is 3. The van der Waals surface area contributed by atoms with Gasteiger partial charge >= 0.3 is 6.03 Å². The fourth-order valence-electron chi connectivity index (χ4n) is 5.43. The van der Waals surface area contributed by atoms with Crippen LogP contribution in [0, 0.1) is 5.92 Å². The molecule has 1 aliphatic carbocycles. The lowest BCUT2D eigenvalue weighted by molar-refractivity contribution is -0.138. The van der Waals surface area contributed by atoms with Gasteiger partial charge in [0.1, 0.15) is 5.82 Å². The first-order chi connectivity index (χ1) is 16.1. The molecular formula is C25H32N6O2. The van der Waals surface area contributed by atoms with Crippen LogP contribution in [0.4, 0.5) is 10.6 Å². The molecule has 1 atom stereocenters. The predicted molar refractivity (Wildman–Crippen MR) is 127 cm³/mol. The van der Waals surface area contributed by atoms with Gasteiger partial charge in [0.25, 0.3) is 0 Å². The monoisotopic (exact) mass is 448 g/mol. The number of piperidine rings is 2. The van der Waals surface area contributed by atoms with Crippen LogP contribution in [-0.2, 0) is 11.3 Å². The van der Waals surface area contributed by atoms with E-state index in [9.17, 15) is 9.59 Å².